The van der Waals surface area contributed by atoms with Gasteiger partial charge in [0, 0.05) is 0 Å². The zero-order valence-corrected chi connectivity index (χ0v) is 15.6. The van der Waals surface area contributed by atoms with E-state index in [1.807, 2.05) is 13.8 Å². The lowest BCUT2D eigenvalue weighted by molar-refractivity contribution is -0.137. The van der Waals surface area contributed by atoms with Gasteiger partial charge in [-0.3, -0.25) is 9.78 Å². The number of hydrogen-bond acceptors (Lipinski definition) is 4. The van der Waals surface area contributed by atoms with Crippen molar-refractivity contribution in [2.24, 2.45) is 0 Å². The van der Waals surface area contributed by atoms with E-state index in [0.717, 1.165) is 12.1 Å². The van der Waals surface area contributed by atoms with Crippen LogP contribution in [0.2, 0.25) is 0 Å². The van der Waals surface area contributed by atoms with Gasteiger partial charge in [0.25, 0.3) is 5.56 Å². The van der Waals surface area contributed by atoms with Crippen molar-refractivity contribution >= 4 is 17.0 Å². The molecule has 2 aromatic heterocycles. The SMILES string of the molecule is CC.CCC(c1ccc(C(F)(F)F)cc1)n1nc(CF)c2c(=O)[nH]c(N)nc21. The number of nitrogens with zero attached hydrogens (tertiary/aromatic N) is 3. The summed E-state index contributed by atoms with van der Waals surface area (Å²) in [5, 5.41) is 4.09. The number of alkyl halides is 4. The van der Waals surface area contributed by atoms with Crippen molar-refractivity contribution in [2.45, 2.75) is 46.1 Å². The summed E-state index contributed by atoms with van der Waals surface area (Å²) in [6, 6.07) is 4.06. The van der Waals surface area contributed by atoms with Crippen molar-refractivity contribution < 1.29 is 17.6 Å². The minimum Gasteiger partial charge on any atom is -0.369 e. The number of aromatic amines is 1. The summed E-state index contributed by atoms with van der Waals surface area (Å²) in [5.41, 5.74) is 4.69. The summed E-state index contributed by atoms with van der Waals surface area (Å²) in [6.45, 7) is 4.81. The van der Waals surface area contributed by atoms with E-state index < -0.39 is 30.0 Å². The molecule has 2 heterocycles. The van der Waals surface area contributed by atoms with Crippen LogP contribution in [-0.4, -0.2) is 19.7 Å². The van der Waals surface area contributed by atoms with Crippen LogP contribution in [-0.2, 0) is 12.9 Å². The maximum atomic E-state index is 13.3. The second-order valence-corrected chi connectivity index (χ2v) is 5.72. The fourth-order valence-electron chi connectivity index (χ4n) is 2.89. The van der Waals surface area contributed by atoms with Gasteiger partial charge in [-0.1, -0.05) is 32.9 Å². The van der Waals surface area contributed by atoms with E-state index >= 15 is 0 Å². The molecular weight excluding hydrogens is 378 g/mol. The minimum atomic E-state index is -4.44. The van der Waals surface area contributed by atoms with Gasteiger partial charge in [0.2, 0.25) is 5.95 Å². The number of hydrogen-bond donors (Lipinski definition) is 2. The first-order chi connectivity index (χ1) is 13.3. The molecule has 0 saturated carbocycles. The first kappa shape index (κ1) is 21.4. The van der Waals surface area contributed by atoms with Gasteiger partial charge < -0.3 is 5.73 Å². The zero-order chi connectivity index (χ0) is 21.1. The summed E-state index contributed by atoms with van der Waals surface area (Å²) in [4.78, 5) is 18.4. The lowest BCUT2D eigenvalue weighted by Crippen LogP contribution is -2.15. The summed E-state index contributed by atoms with van der Waals surface area (Å²) in [5.74, 6) is -0.156. The van der Waals surface area contributed by atoms with Crippen molar-refractivity contribution in [1.82, 2.24) is 19.7 Å². The molecule has 1 atom stereocenters. The van der Waals surface area contributed by atoms with Crippen LogP contribution in [0.3, 0.4) is 0 Å². The highest BCUT2D eigenvalue weighted by atomic mass is 19.4. The molecule has 0 spiro atoms. The van der Waals surface area contributed by atoms with Crippen molar-refractivity contribution in [3.8, 4) is 0 Å². The Bertz CT molecular complexity index is 992. The molecule has 0 fully saturated rings. The molecule has 0 radical (unpaired) electrons. The molecule has 6 nitrogen and oxygen atoms in total. The van der Waals surface area contributed by atoms with Crippen molar-refractivity contribution in [3.63, 3.8) is 0 Å². The molecule has 0 aliphatic heterocycles. The monoisotopic (exact) mass is 399 g/mol. The van der Waals surface area contributed by atoms with E-state index in [1.54, 1.807) is 6.92 Å². The Morgan fingerprint density at radius 3 is 2.32 bits per heavy atom. The quantitative estimate of drug-likeness (QED) is 0.643. The van der Waals surface area contributed by atoms with Crippen LogP contribution in [0.4, 0.5) is 23.5 Å². The van der Waals surface area contributed by atoms with Crippen molar-refractivity contribution in [3.05, 3.63) is 51.4 Å². The van der Waals surface area contributed by atoms with Crippen LogP contribution >= 0.6 is 0 Å². The Hall–Kier alpha value is -2.91. The number of nitrogens with two attached hydrogens (primary N) is 1. The summed E-state index contributed by atoms with van der Waals surface area (Å²) in [6.07, 6.45) is -4.01. The Labute approximate surface area is 158 Å². The number of fused-ring (bicyclic) bond motifs is 1. The molecule has 0 aliphatic carbocycles. The molecule has 1 aromatic carbocycles. The molecule has 0 saturated heterocycles. The van der Waals surface area contributed by atoms with Gasteiger partial charge in [-0.25, -0.2) is 9.07 Å². The fourth-order valence-corrected chi connectivity index (χ4v) is 2.89. The average Bonchev–Trinajstić information content (AvgIpc) is 3.02. The number of nitrogen functional groups attached to an aromatic ring is 1. The highest BCUT2D eigenvalue weighted by Gasteiger charge is 2.30. The van der Waals surface area contributed by atoms with E-state index in [2.05, 4.69) is 15.1 Å². The number of H-pyrrole nitrogens is 1. The number of rotatable bonds is 4. The molecule has 28 heavy (non-hydrogen) atoms. The topological polar surface area (TPSA) is 89.6 Å². The van der Waals surface area contributed by atoms with Gasteiger partial charge in [0.1, 0.15) is 17.8 Å². The average molecular weight is 399 g/mol. The van der Waals surface area contributed by atoms with Crippen LogP contribution in [0.5, 0.6) is 0 Å². The predicted octanol–water partition coefficient (Wildman–Crippen LogP) is 4.22. The Kier molecular flexibility index (Phi) is 6.42. The highest BCUT2D eigenvalue weighted by molar-refractivity contribution is 5.78. The van der Waals surface area contributed by atoms with Crippen molar-refractivity contribution in [2.75, 3.05) is 5.73 Å². The lowest BCUT2D eigenvalue weighted by atomic mass is 10.0. The standard InChI is InChI=1S/C16H15F4N5O.C2H6/c1-2-11(8-3-5-9(6-4-8)16(18,19)20)25-13-12(10(7-17)24-25)14(26)23-15(21)22-13;1-2/h3-6,11H,2,7H2,1H3,(H3,21,22,23,26);1-2H3. The van der Waals surface area contributed by atoms with Gasteiger partial charge in [0.05, 0.1) is 11.6 Å². The van der Waals surface area contributed by atoms with Gasteiger partial charge in [-0.2, -0.15) is 23.3 Å². The third-order valence-corrected chi connectivity index (χ3v) is 4.08. The third-order valence-electron chi connectivity index (χ3n) is 4.08. The second-order valence-electron chi connectivity index (χ2n) is 5.72. The maximum Gasteiger partial charge on any atom is 0.416 e. The summed E-state index contributed by atoms with van der Waals surface area (Å²) >= 11 is 0. The van der Waals surface area contributed by atoms with E-state index in [4.69, 9.17) is 5.73 Å². The van der Waals surface area contributed by atoms with Crippen LogP contribution < -0.4 is 11.3 Å². The first-order valence-corrected chi connectivity index (χ1v) is 8.76. The third kappa shape index (κ3) is 4.00. The molecule has 0 bridgehead atoms. The minimum absolute atomic E-state index is 0.0212. The Morgan fingerprint density at radius 1 is 1.21 bits per heavy atom. The normalized spacial score (nSPS) is 12.5. The van der Waals surface area contributed by atoms with E-state index in [0.29, 0.717) is 12.0 Å². The van der Waals surface area contributed by atoms with E-state index in [-0.39, 0.29) is 22.7 Å². The molecule has 3 aromatic rings. The summed E-state index contributed by atoms with van der Waals surface area (Å²) in [7, 11) is 0. The van der Waals surface area contributed by atoms with Crippen molar-refractivity contribution in [1.29, 1.82) is 0 Å². The van der Waals surface area contributed by atoms with E-state index in [9.17, 15) is 22.4 Å². The van der Waals surface area contributed by atoms with Crippen LogP contribution in [0.1, 0.15) is 50.1 Å². The number of anilines is 1. The number of benzene rings is 1. The molecular formula is C18H21F4N5O. The maximum absolute atomic E-state index is 13.3. The molecule has 10 heteroatoms. The largest absolute Gasteiger partial charge is 0.416 e. The van der Waals surface area contributed by atoms with Crippen LogP contribution in [0.25, 0.3) is 11.0 Å². The van der Waals surface area contributed by atoms with Gasteiger partial charge in [-0.15, -0.1) is 0 Å². The van der Waals surface area contributed by atoms with E-state index in [1.165, 1.54) is 16.8 Å². The number of aromatic nitrogens is 4. The van der Waals surface area contributed by atoms with Crippen LogP contribution in [0, 0.1) is 0 Å². The second kappa shape index (κ2) is 8.41. The fraction of sp³-hybridized carbons (Fsp3) is 0.389. The molecule has 0 aliphatic rings. The smallest absolute Gasteiger partial charge is 0.369 e. The highest BCUT2D eigenvalue weighted by Crippen LogP contribution is 2.32. The van der Waals surface area contributed by atoms with Gasteiger partial charge in [0.15, 0.2) is 5.65 Å². The molecule has 152 valence electrons. The van der Waals surface area contributed by atoms with Gasteiger partial charge in [-0.05, 0) is 24.1 Å². The number of nitrogens with one attached hydrogen (secondary N) is 1. The van der Waals surface area contributed by atoms with Crippen LogP contribution in [0.15, 0.2) is 29.1 Å². The molecule has 3 N–H and O–H groups in total. The molecule has 3 rings (SSSR count). The zero-order valence-electron chi connectivity index (χ0n) is 15.6. The first-order valence-electron chi connectivity index (χ1n) is 8.76. The molecule has 1 unspecified atom stereocenters. The summed E-state index contributed by atoms with van der Waals surface area (Å²) < 4.78 is 52.9. The molecule has 0 amide bonds. The Balaban J connectivity index is 0.00000136. The lowest BCUT2D eigenvalue weighted by Gasteiger charge is -2.17. The predicted molar refractivity (Wildman–Crippen MR) is 98.6 cm³/mol. The Morgan fingerprint density at radius 2 is 1.82 bits per heavy atom. The van der Waals surface area contributed by atoms with Gasteiger partial charge >= 0.3 is 6.18 Å². The number of halogens is 4.